The van der Waals surface area contributed by atoms with Crippen LogP contribution in [0.1, 0.15) is 55.2 Å². The molecule has 0 spiro atoms. The van der Waals surface area contributed by atoms with Crippen molar-refractivity contribution in [3.63, 3.8) is 0 Å². The average Bonchev–Trinajstić information content (AvgIpc) is 3.60. The van der Waals surface area contributed by atoms with Gasteiger partial charge in [0.05, 0.1) is 5.69 Å². The van der Waals surface area contributed by atoms with E-state index in [0.29, 0.717) is 30.3 Å². The Kier molecular flexibility index (Phi) is 4.90. The third-order valence-corrected chi connectivity index (χ3v) is 6.90. The number of hydrogen-bond donors (Lipinski definition) is 2. The van der Waals surface area contributed by atoms with Gasteiger partial charge >= 0.3 is 0 Å². The van der Waals surface area contributed by atoms with Crippen molar-refractivity contribution in [1.82, 2.24) is 29.6 Å². The topological polar surface area (TPSA) is 107 Å². The lowest BCUT2D eigenvalue weighted by Crippen LogP contribution is -2.25. The minimum Gasteiger partial charge on any atom is -0.492 e. The number of nitrogens with zero attached hydrogens (tertiary/aromatic N) is 6. The van der Waals surface area contributed by atoms with Crippen LogP contribution in [0.5, 0.6) is 5.75 Å². The van der Waals surface area contributed by atoms with Crippen molar-refractivity contribution in [3.8, 4) is 11.7 Å². The van der Waals surface area contributed by atoms with Crippen molar-refractivity contribution in [2.75, 3.05) is 37.3 Å². The summed E-state index contributed by atoms with van der Waals surface area (Å²) in [5.41, 5.74) is 9.45. The molecule has 1 aliphatic heterocycles. The average molecular weight is 433 g/mol. The SMILES string of the molecule is Nc1nc(Nc2ccc(OCCN3CCCC3)cc2)nn1-c1ncc2c(n1)[C@H]1CC[C@@H]2C1. The van der Waals surface area contributed by atoms with Crippen molar-refractivity contribution in [2.24, 2.45) is 0 Å². The summed E-state index contributed by atoms with van der Waals surface area (Å²) in [6.07, 6.45) is 8.21. The van der Waals surface area contributed by atoms with Crippen molar-refractivity contribution < 1.29 is 4.74 Å². The highest BCUT2D eigenvalue weighted by atomic mass is 16.5. The predicted octanol–water partition coefficient (Wildman–Crippen LogP) is 3.22. The Hall–Kier alpha value is -3.20. The fourth-order valence-corrected chi connectivity index (χ4v) is 5.24. The number of ether oxygens (including phenoxy) is 1. The van der Waals surface area contributed by atoms with E-state index in [-0.39, 0.29) is 5.95 Å². The number of aromatic nitrogens is 5. The van der Waals surface area contributed by atoms with E-state index in [2.05, 4.69) is 25.3 Å². The van der Waals surface area contributed by atoms with Crippen LogP contribution in [0, 0.1) is 0 Å². The summed E-state index contributed by atoms with van der Waals surface area (Å²) in [6, 6.07) is 7.80. The third kappa shape index (κ3) is 3.66. The Bertz CT molecular complexity index is 1110. The molecule has 2 aromatic heterocycles. The van der Waals surface area contributed by atoms with E-state index in [4.69, 9.17) is 15.5 Å². The van der Waals surface area contributed by atoms with Crippen LogP contribution in [0.4, 0.5) is 17.6 Å². The minimum absolute atomic E-state index is 0.262. The van der Waals surface area contributed by atoms with Crippen LogP contribution in [-0.4, -0.2) is 55.9 Å². The van der Waals surface area contributed by atoms with Gasteiger partial charge in [0, 0.05) is 24.3 Å². The minimum atomic E-state index is 0.262. The van der Waals surface area contributed by atoms with Crippen LogP contribution >= 0.6 is 0 Å². The molecule has 3 heterocycles. The molecular formula is C23H28N8O. The first-order chi connectivity index (χ1) is 15.7. The maximum Gasteiger partial charge on any atom is 0.254 e. The van der Waals surface area contributed by atoms with Gasteiger partial charge in [0.2, 0.25) is 11.9 Å². The molecular weight excluding hydrogens is 404 g/mol. The smallest absolute Gasteiger partial charge is 0.254 e. The number of anilines is 3. The molecule has 2 aliphatic carbocycles. The maximum atomic E-state index is 6.12. The second-order valence-electron chi connectivity index (χ2n) is 8.97. The number of benzene rings is 1. The molecule has 3 N–H and O–H groups in total. The van der Waals surface area contributed by atoms with E-state index in [1.165, 1.54) is 55.4 Å². The van der Waals surface area contributed by atoms with Crippen LogP contribution in [0.15, 0.2) is 30.5 Å². The molecule has 2 atom stereocenters. The maximum absolute atomic E-state index is 6.12. The van der Waals surface area contributed by atoms with Crippen LogP contribution < -0.4 is 15.8 Å². The highest BCUT2D eigenvalue weighted by Gasteiger charge is 2.38. The van der Waals surface area contributed by atoms with Gasteiger partial charge in [-0.3, -0.25) is 4.90 Å². The van der Waals surface area contributed by atoms with Gasteiger partial charge in [0.25, 0.3) is 5.95 Å². The van der Waals surface area contributed by atoms with Gasteiger partial charge in [0.1, 0.15) is 12.4 Å². The highest BCUT2D eigenvalue weighted by Crippen LogP contribution is 2.51. The first kappa shape index (κ1) is 19.5. The Morgan fingerprint density at radius 3 is 2.72 bits per heavy atom. The van der Waals surface area contributed by atoms with Gasteiger partial charge in [-0.25, -0.2) is 9.97 Å². The molecule has 3 aliphatic rings. The van der Waals surface area contributed by atoms with Crippen molar-refractivity contribution >= 4 is 17.6 Å². The first-order valence-electron chi connectivity index (χ1n) is 11.5. The second kappa shape index (κ2) is 8.05. The zero-order valence-electron chi connectivity index (χ0n) is 18.1. The Morgan fingerprint density at radius 1 is 1.06 bits per heavy atom. The van der Waals surface area contributed by atoms with E-state index in [1.54, 1.807) is 0 Å². The first-order valence-corrected chi connectivity index (χ1v) is 11.5. The summed E-state index contributed by atoms with van der Waals surface area (Å²) >= 11 is 0. The lowest BCUT2D eigenvalue weighted by Gasteiger charge is -2.15. The molecule has 32 heavy (non-hydrogen) atoms. The number of hydrogen-bond acceptors (Lipinski definition) is 8. The molecule has 166 valence electrons. The Morgan fingerprint density at radius 2 is 1.88 bits per heavy atom. The Balaban J connectivity index is 1.11. The second-order valence-corrected chi connectivity index (χ2v) is 8.97. The van der Waals surface area contributed by atoms with Crippen molar-refractivity contribution in [1.29, 1.82) is 0 Å². The Labute approximate surface area is 187 Å². The molecule has 2 bridgehead atoms. The lowest BCUT2D eigenvalue weighted by molar-refractivity contribution is 0.238. The van der Waals surface area contributed by atoms with Crippen molar-refractivity contribution in [3.05, 3.63) is 41.7 Å². The molecule has 0 radical (unpaired) electrons. The van der Waals surface area contributed by atoms with E-state index in [0.717, 1.165) is 23.7 Å². The zero-order valence-corrected chi connectivity index (χ0v) is 18.1. The zero-order chi connectivity index (χ0) is 21.5. The monoisotopic (exact) mass is 432 g/mol. The molecule has 1 aromatic carbocycles. The molecule has 9 heteroatoms. The quantitative estimate of drug-likeness (QED) is 0.586. The summed E-state index contributed by atoms with van der Waals surface area (Å²) in [4.78, 5) is 16.1. The van der Waals surface area contributed by atoms with E-state index < -0.39 is 0 Å². The molecule has 3 aromatic rings. The van der Waals surface area contributed by atoms with Crippen LogP contribution in [0.2, 0.25) is 0 Å². The van der Waals surface area contributed by atoms with E-state index in [1.807, 2.05) is 30.5 Å². The molecule has 1 saturated heterocycles. The van der Waals surface area contributed by atoms with Gasteiger partial charge in [-0.05, 0) is 80.9 Å². The molecule has 6 rings (SSSR count). The number of fused-ring (bicyclic) bond motifs is 5. The number of likely N-dealkylation sites (tertiary alicyclic amines) is 1. The summed E-state index contributed by atoms with van der Waals surface area (Å²) in [5.74, 6) is 3.19. The van der Waals surface area contributed by atoms with Crippen LogP contribution in [-0.2, 0) is 0 Å². The molecule has 0 unspecified atom stereocenters. The fourth-order valence-electron chi connectivity index (χ4n) is 5.24. The normalized spacial score (nSPS) is 21.8. The fraction of sp³-hybridized carbons (Fsp3) is 0.478. The van der Waals surface area contributed by atoms with Crippen LogP contribution in [0.25, 0.3) is 5.95 Å². The van der Waals surface area contributed by atoms with Gasteiger partial charge in [-0.15, -0.1) is 5.10 Å². The number of rotatable bonds is 7. The number of nitrogen functional groups attached to an aromatic ring is 1. The number of nitrogens with two attached hydrogens (primary N) is 1. The van der Waals surface area contributed by atoms with Gasteiger partial charge < -0.3 is 15.8 Å². The largest absolute Gasteiger partial charge is 0.492 e. The predicted molar refractivity (Wildman–Crippen MR) is 122 cm³/mol. The summed E-state index contributed by atoms with van der Waals surface area (Å²) in [6.45, 7) is 4.06. The van der Waals surface area contributed by atoms with Gasteiger partial charge in [0.15, 0.2) is 0 Å². The standard InChI is InChI=1S/C23H28N8O/c24-21-28-22(26-17-5-7-18(8-6-17)32-12-11-30-9-1-2-10-30)29-31(21)23-25-14-19-15-3-4-16(13-15)20(19)27-23/h5-8,14-16H,1-4,9-13H2,(H3,24,26,28,29)/t15-,16+/m1/s1. The molecule has 9 nitrogen and oxygen atoms in total. The molecule has 2 fully saturated rings. The van der Waals surface area contributed by atoms with Gasteiger partial charge in [-0.2, -0.15) is 9.67 Å². The lowest BCUT2D eigenvalue weighted by atomic mass is 9.98. The molecule has 1 saturated carbocycles. The molecule has 0 amide bonds. The summed E-state index contributed by atoms with van der Waals surface area (Å²) in [7, 11) is 0. The summed E-state index contributed by atoms with van der Waals surface area (Å²) in [5, 5.41) is 7.69. The third-order valence-electron chi connectivity index (χ3n) is 6.90. The number of nitrogens with one attached hydrogen (secondary N) is 1. The van der Waals surface area contributed by atoms with E-state index >= 15 is 0 Å². The van der Waals surface area contributed by atoms with Crippen molar-refractivity contribution in [2.45, 2.75) is 43.9 Å². The summed E-state index contributed by atoms with van der Waals surface area (Å²) < 4.78 is 7.37. The highest BCUT2D eigenvalue weighted by molar-refractivity contribution is 5.55. The van der Waals surface area contributed by atoms with Crippen LogP contribution in [0.3, 0.4) is 0 Å². The van der Waals surface area contributed by atoms with Gasteiger partial charge in [-0.1, -0.05) is 0 Å². The van der Waals surface area contributed by atoms with E-state index in [9.17, 15) is 0 Å².